The lowest BCUT2D eigenvalue weighted by Gasteiger charge is -2.34. The van der Waals surface area contributed by atoms with Crippen molar-refractivity contribution in [1.82, 2.24) is 9.62 Å². The number of carbonyl (C=O) groups is 1. The molecule has 2 N–H and O–H groups in total. The van der Waals surface area contributed by atoms with E-state index in [0.717, 1.165) is 59.2 Å². The summed E-state index contributed by atoms with van der Waals surface area (Å²) in [5, 5.41) is 10.6. The number of nitrogens with one attached hydrogen (secondary N) is 1. The second kappa shape index (κ2) is 9.22. The number of benzene rings is 2. The maximum Gasteiger partial charge on any atom is 0.325 e. The Morgan fingerprint density at radius 2 is 1.69 bits per heavy atom. The molecule has 1 aliphatic heterocycles. The average Bonchev–Trinajstić information content (AvgIpc) is 3.33. The summed E-state index contributed by atoms with van der Waals surface area (Å²) in [6, 6.07) is 18.2. The Hall–Kier alpha value is -2.43. The van der Waals surface area contributed by atoms with Gasteiger partial charge in [0.05, 0.1) is 0 Å². The van der Waals surface area contributed by atoms with Gasteiger partial charge in [-0.3, -0.25) is 4.79 Å². The van der Waals surface area contributed by atoms with Crippen LogP contribution in [-0.4, -0.2) is 63.2 Å². The van der Waals surface area contributed by atoms with E-state index in [-0.39, 0.29) is 10.6 Å². The number of anilines is 1. The highest BCUT2D eigenvalue weighted by molar-refractivity contribution is 7.91. The van der Waals surface area contributed by atoms with E-state index < -0.39 is 27.4 Å². The van der Waals surface area contributed by atoms with Crippen molar-refractivity contribution in [3.8, 4) is 10.4 Å². The van der Waals surface area contributed by atoms with Crippen LogP contribution in [0.2, 0.25) is 5.02 Å². The van der Waals surface area contributed by atoms with Gasteiger partial charge in [0.25, 0.3) is 10.0 Å². The second-order valence-electron chi connectivity index (χ2n) is 9.15. The van der Waals surface area contributed by atoms with Crippen molar-refractivity contribution >= 4 is 44.6 Å². The number of hydrogen-bond donors (Lipinski definition) is 2. The van der Waals surface area contributed by atoms with Gasteiger partial charge in [0.1, 0.15) is 9.75 Å². The first kappa shape index (κ1) is 24.3. The summed E-state index contributed by atoms with van der Waals surface area (Å²) in [5.74, 6) is -1.59. The molecule has 1 aliphatic carbocycles. The normalized spacial score (nSPS) is 22.8. The summed E-state index contributed by atoms with van der Waals surface area (Å²) in [6.45, 7) is 3.88. The molecule has 0 spiro atoms. The number of carboxylic acid groups (broad SMARTS) is 1. The molecule has 2 aliphatic rings. The number of aliphatic carboxylic acids is 1. The predicted molar refractivity (Wildman–Crippen MR) is 139 cm³/mol. The maximum atomic E-state index is 13.2. The molecule has 1 aromatic heterocycles. The van der Waals surface area contributed by atoms with Crippen molar-refractivity contribution in [2.24, 2.45) is 0 Å². The lowest BCUT2D eigenvalue weighted by atomic mass is 10.1. The van der Waals surface area contributed by atoms with Gasteiger partial charge in [-0.2, -0.15) is 4.72 Å². The number of sulfonamides is 1. The van der Waals surface area contributed by atoms with E-state index >= 15 is 0 Å². The minimum atomic E-state index is -4.02. The molecule has 184 valence electrons. The van der Waals surface area contributed by atoms with Crippen LogP contribution in [0.3, 0.4) is 0 Å². The van der Waals surface area contributed by atoms with E-state index in [9.17, 15) is 18.3 Å². The third-order valence-electron chi connectivity index (χ3n) is 6.80. The van der Waals surface area contributed by atoms with Crippen LogP contribution >= 0.6 is 22.9 Å². The Morgan fingerprint density at radius 1 is 1.03 bits per heavy atom. The smallest absolute Gasteiger partial charge is 0.325 e. The Kier molecular flexibility index (Phi) is 6.39. The summed E-state index contributed by atoms with van der Waals surface area (Å²) in [4.78, 5) is 17.6. The zero-order valence-electron chi connectivity index (χ0n) is 19.1. The largest absolute Gasteiger partial charge is 0.480 e. The van der Waals surface area contributed by atoms with Gasteiger partial charge < -0.3 is 14.9 Å². The zero-order chi connectivity index (χ0) is 24.8. The Morgan fingerprint density at radius 3 is 2.31 bits per heavy atom. The first-order valence-corrected chi connectivity index (χ1v) is 14.0. The van der Waals surface area contributed by atoms with Crippen molar-refractivity contribution in [2.45, 2.75) is 22.1 Å². The first-order valence-electron chi connectivity index (χ1n) is 11.3. The van der Waals surface area contributed by atoms with Crippen molar-refractivity contribution in [2.75, 3.05) is 38.1 Å². The number of thiophene rings is 1. The molecule has 2 heterocycles. The Labute approximate surface area is 214 Å². The number of rotatable bonds is 7. The molecule has 5 rings (SSSR count). The van der Waals surface area contributed by atoms with Crippen LogP contribution in [0.4, 0.5) is 5.69 Å². The first-order chi connectivity index (χ1) is 16.7. The van der Waals surface area contributed by atoms with Crippen LogP contribution in [0.15, 0.2) is 64.9 Å². The van der Waals surface area contributed by atoms with Crippen molar-refractivity contribution in [3.63, 3.8) is 0 Å². The van der Waals surface area contributed by atoms with E-state index in [4.69, 9.17) is 11.6 Å². The molecule has 2 aromatic carbocycles. The number of piperazine rings is 1. The Bertz CT molecular complexity index is 1330. The predicted octanol–water partition coefficient (Wildman–Crippen LogP) is 4.11. The highest BCUT2D eigenvalue weighted by Crippen LogP contribution is 2.53. The van der Waals surface area contributed by atoms with E-state index in [1.54, 1.807) is 18.2 Å². The highest BCUT2D eigenvalue weighted by atomic mass is 35.5. The third-order valence-corrected chi connectivity index (χ3v) is 10.2. The number of hydrogen-bond acceptors (Lipinski definition) is 6. The van der Waals surface area contributed by atoms with Gasteiger partial charge in [0, 0.05) is 47.7 Å². The molecule has 7 nitrogen and oxygen atoms in total. The minimum Gasteiger partial charge on any atom is -0.480 e. The molecule has 1 saturated heterocycles. The van der Waals surface area contributed by atoms with E-state index in [1.165, 1.54) is 6.07 Å². The summed E-state index contributed by atoms with van der Waals surface area (Å²) in [5.41, 5.74) is 1.22. The number of likely N-dealkylation sites (N-methyl/N-ethyl adjacent to an activating group) is 1. The number of carboxylic acids is 1. The third kappa shape index (κ3) is 4.83. The van der Waals surface area contributed by atoms with Crippen molar-refractivity contribution in [1.29, 1.82) is 0 Å². The lowest BCUT2D eigenvalue weighted by molar-refractivity contribution is -0.140. The summed E-state index contributed by atoms with van der Waals surface area (Å²) in [6.07, 6.45) is 0.213. The second-order valence-corrected chi connectivity index (χ2v) is 12.6. The summed E-state index contributed by atoms with van der Waals surface area (Å²) < 4.78 is 28.9. The topological polar surface area (TPSA) is 90.0 Å². The van der Waals surface area contributed by atoms with Gasteiger partial charge in [-0.25, -0.2) is 8.42 Å². The van der Waals surface area contributed by atoms with Gasteiger partial charge in [-0.15, -0.1) is 11.3 Å². The van der Waals surface area contributed by atoms with Gasteiger partial charge >= 0.3 is 5.97 Å². The minimum absolute atomic E-state index is 0.0825. The highest BCUT2D eigenvalue weighted by Gasteiger charge is 2.63. The van der Waals surface area contributed by atoms with E-state index in [0.29, 0.717) is 5.02 Å². The van der Waals surface area contributed by atoms with Crippen molar-refractivity contribution < 1.29 is 18.3 Å². The molecular weight excluding hydrogens is 506 g/mol. The average molecular weight is 532 g/mol. The van der Waals surface area contributed by atoms with E-state index in [2.05, 4.69) is 21.6 Å². The van der Waals surface area contributed by atoms with Crippen LogP contribution in [0.25, 0.3) is 10.4 Å². The Balaban J connectivity index is 1.32. The van der Waals surface area contributed by atoms with Gasteiger partial charge in [-0.05, 0) is 61.0 Å². The summed E-state index contributed by atoms with van der Waals surface area (Å²) in [7, 11) is -1.91. The molecule has 0 bridgehead atoms. The van der Waals surface area contributed by atoms with E-state index in [1.807, 2.05) is 36.4 Å². The quantitative estimate of drug-likeness (QED) is 0.477. The number of halogens is 1. The SMILES string of the molecule is CN1CCN(c2ccc([C@H]3C[C@]3(NS(=O)(=O)c3ccc(-c4ccc(Cl)cc4)s3)C(=O)O)cc2)CC1. The van der Waals surface area contributed by atoms with Gasteiger partial charge in [0.15, 0.2) is 0 Å². The molecule has 35 heavy (non-hydrogen) atoms. The maximum absolute atomic E-state index is 13.2. The van der Waals surface area contributed by atoms with Gasteiger partial charge in [0.2, 0.25) is 0 Å². The van der Waals surface area contributed by atoms with Crippen LogP contribution in [0.5, 0.6) is 0 Å². The molecular formula is C25H26ClN3O4S2. The molecule has 0 radical (unpaired) electrons. The fourth-order valence-corrected chi connectivity index (χ4v) is 7.41. The van der Waals surface area contributed by atoms with Gasteiger partial charge in [-0.1, -0.05) is 35.9 Å². The van der Waals surface area contributed by atoms with Crippen LogP contribution in [0.1, 0.15) is 17.9 Å². The van der Waals surface area contributed by atoms with Crippen LogP contribution in [-0.2, 0) is 14.8 Å². The lowest BCUT2D eigenvalue weighted by Crippen LogP contribution is -2.44. The fraction of sp³-hybridized carbons (Fsp3) is 0.320. The van der Waals surface area contributed by atoms with Crippen LogP contribution in [0, 0.1) is 0 Å². The monoisotopic (exact) mass is 531 g/mol. The molecule has 2 atom stereocenters. The molecule has 0 amide bonds. The molecule has 1 saturated carbocycles. The fourth-order valence-electron chi connectivity index (χ4n) is 4.56. The zero-order valence-corrected chi connectivity index (χ0v) is 21.5. The molecule has 2 fully saturated rings. The number of nitrogens with zero attached hydrogens (tertiary/aromatic N) is 2. The van der Waals surface area contributed by atoms with Crippen LogP contribution < -0.4 is 9.62 Å². The molecule has 10 heteroatoms. The molecule has 0 unspecified atom stereocenters. The standard InChI is InChI=1S/C25H26ClN3O4S2/c1-28-12-14-29(15-13-28)20-8-4-17(5-9-20)21-16-25(21,24(30)31)27-35(32,33)23-11-10-22(34-23)18-2-6-19(26)7-3-18/h2-11,21,27H,12-16H2,1H3,(H,30,31)/t21-,25-/m1/s1. The molecule has 3 aromatic rings. The van der Waals surface area contributed by atoms with Crippen molar-refractivity contribution in [3.05, 3.63) is 71.2 Å². The summed E-state index contributed by atoms with van der Waals surface area (Å²) >= 11 is 7.04.